The van der Waals surface area contributed by atoms with Crippen molar-refractivity contribution in [2.24, 2.45) is 0 Å². The van der Waals surface area contributed by atoms with Crippen LogP contribution in [0.1, 0.15) is 16.1 Å². The van der Waals surface area contributed by atoms with Gasteiger partial charge in [-0.3, -0.25) is 4.79 Å². The Morgan fingerprint density at radius 1 is 1.00 bits per heavy atom. The average molecular weight is 481 g/mol. The van der Waals surface area contributed by atoms with Crippen molar-refractivity contribution in [1.29, 1.82) is 0 Å². The maximum absolute atomic E-state index is 13.4. The summed E-state index contributed by atoms with van der Waals surface area (Å²) in [7, 11) is 0. The van der Waals surface area contributed by atoms with E-state index in [4.69, 9.17) is 0 Å². The second-order valence-corrected chi connectivity index (χ2v) is 6.92. The molecule has 0 saturated carbocycles. The topological polar surface area (TPSA) is 81.4 Å². The van der Waals surface area contributed by atoms with Crippen LogP contribution < -0.4 is 10.1 Å². The summed E-state index contributed by atoms with van der Waals surface area (Å²) >= 11 is 0. The number of anilines is 1. The molecule has 0 aliphatic heterocycles. The summed E-state index contributed by atoms with van der Waals surface area (Å²) in [6.07, 6.45) is -6.87. The molecule has 0 spiro atoms. The van der Waals surface area contributed by atoms with Gasteiger partial charge in [-0.25, -0.2) is 14.5 Å². The molecule has 0 aliphatic carbocycles. The summed E-state index contributed by atoms with van der Waals surface area (Å²) in [6.45, 7) is -1.56. The summed E-state index contributed by atoms with van der Waals surface area (Å²) in [5.74, 6) is -1.12. The highest BCUT2D eigenvalue weighted by Crippen LogP contribution is 2.36. The van der Waals surface area contributed by atoms with E-state index in [9.17, 15) is 31.1 Å². The number of aromatic nitrogens is 4. The van der Waals surface area contributed by atoms with Gasteiger partial charge in [-0.05, 0) is 24.3 Å². The molecule has 0 radical (unpaired) electrons. The second-order valence-electron chi connectivity index (χ2n) is 6.92. The minimum Gasteiger partial charge on any atom is -0.468 e. The first kappa shape index (κ1) is 23.0. The van der Waals surface area contributed by atoms with Crippen LogP contribution >= 0.6 is 0 Å². The number of rotatable bonds is 5. The molecule has 3 heterocycles. The van der Waals surface area contributed by atoms with Crippen LogP contribution in [0, 0.1) is 0 Å². The van der Waals surface area contributed by atoms with Crippen LogP contribution in [-0.4, -0.2) is 38.3 Å². The summed E-state index contributed by atoms with van der Waals surface area (Å²) in [5.41, 5.74) is -0.961. The van der Waals surface area contributed by atoms with E-state index in [1.165, 1.54) is 42.6 Å². The fourth-order valence-electron chi connectivity index (χ4n) is 3.04. The molecule has 34 heavy (non-hydrogen) atoms. The Morgan fingerprint density at radius 3 is 2.50 bits per heavy atom. The van der Waals surface area contributed by atoms with E-state index in [1.807, 2.05) is 0 Å². The average Bonchev–Trinajstić information content (AvgIpc) is 3.20. The first-order chi connectivity index (χ1) is 16.0. The molecule has 4 rings (SSSR count). The van der Waals surface area contributed by atoms with Gasteiger partial charge in [0.25, 0.3) is 5.91 Å². The van der Waals surface area contributed by atoms with E-state index >= 15 is 0 Å². The molecule has 1 N–H and O–H groups in total. The quantitative estimate of drug-likeness (QED) is 0.406. The number of fused-ring (bicyclic) bond motifs is 1. The lowest BCUT2D eigenvalue weighted by atomic mass is 10.0. The van der Waals surface area contributed by atoms with E-state index in [1.54, 1.807) is 0 Å². The number of carbonyl (C=O) groups is 1. The smallest absolute Gasteiger partial charge is 0.422 e. The number of ether oxygens (including phenoxy) is 1. The number of nitrogens with one attached hydrogen (secondary N) is 1. The number of amides is 1. The number of imidazole rings is 1. The molecule has 3 aromatic heterocycles. The van der Waals surface area contributed by atoms with Gasteiger partial charge in [0, 0.05) is 23.5 Å². The molecule has 7 nitrogen and oxygen atoms in total. The van der Waals surface area contributed by atoms with Crippen LogP contribution in [0.25, 0.3) is 16.9 Å². The lowest BCUT2D eigenvalue weighted by molar-refractivity contribution is -0.154. The van der Waals surface area contributed by atoms with Gasteiger partial charge < -0.3 is 10.1 Å². The molecular formula is C21H13F6N5O2. The third kappa shape index (κ3) is 5.08. The van der Waals surface area contributed by atoms with Crippen LogP contribution in [0.2, 0.25) is 0 Å². The molecule has 0 atom stereocenters. The van der Waals surface area contributed by atoms with Crippen molar-refractivity contribution in [1.82, 2.24) is 19.6 Å². The number of nitrogens with zero attached hydrogens (tertiary/aromatic N) is 4. The van der Waals surface area contributed by atoms with Gasteiger partial charge in [0.05, 0.1) is 17.5 Å². The summed E-state index contributed by atoms with van der Waals surface area (Å²) in [5, 5.41) is 6.60. The fourth-order valence-corrected chi connectivity index (χ4v) is 3.04. The van der Waals surface area contributed by atoms with Crippen LogP contribution in [0.15, 0.2) is 60.9 Å². The van der Waals surface area contributed by atoms with Gasteiger partial charge in [-0.2, -0.15) is 31.4 Å². The van der Waals surface area contributed by atoms with Crippen molar-refractivity contribution in [2.45, 2.75) is 12.4 Å². The Labute approximate surface area is 187 Å². The Hall–Kier alpha value is -4.16. The SMILES string of the molecule is O=C(Nc1ccnc(OCC(F)(F)F)c1)c1cnc2ccc(-c3ccccc3C(F)(F)F)nn12. The summed E-state index contributed by atoms with van der Waals surface area (Å²) < 4.78 is 82.8. The summed E-state index contributed by atoms with van der Waals surface area (Å²) in [4.78, 5) is 20.4. The van der Waals surface area contributed by atoms with Crippen molar-refractivity contribution in [3.8, 4) is 17.1 Å². The van der Waals surface area contributed by atoms with E-state index in [-0.39, 0.29) is 34.2 Å². The predicted molar refractivity (Wildman–Crippen MR) is 107 cm³/mol. The fraction of sp³-hybridized carbons (Fsp3) is 0.143. The van der Waals surface area contributed by atoms with Crippen LogP contribution in [0.5, 0.6) is 5.88 Å². The molecule has 0 fully saturated rings. The normalized spacial score (nSPS) is 12.1. The Balaban J connectivity index is 1.62. The number of benzene rings is 1. The lowest BCUT2D eigenvalue weighted by Crippen LogP contribution is -2.20. The first-order valence-corrected chi connectivity index (χ1v) is 9.49. The highest BCUT2D eigenvalue weighted by atomic mass is 19.4. The molecule has 4 aromatic rings. The monoisotopic (exact) mass is 481 g/mol. The number of alkyl halides is 6. The molecule has 0 bridgehead atoms. The third-order valence-electron chi connectivity index (χ3n) is 4.48. The van der Waals surface area contributed by atoms with Gasteiger partial charge in [-0.15, -0.1) is 0 Å². The maximum atomic E-state index is 13.4. The van der Waals surface area contributed by atoms with E-state index < -0.39 is 30.4 Å². The third-order valence-corrected chi connectivity index (χ3v) is 4.48. The number of hydrogen-bond donors (Lipinski definition) is 1. The Bertz CT molecular complexity index is 1350. The molecule has 1 amide bonds. The van der Waals surface area contributed by atoms with Crippen LogP contribution in [0.3, 0.4) is 0 Å². The molecule has 0 aliphatic rings. The largest absolute Gasteiger partial charge is 0.468 e. The van der Waals surface area contributed by atoms with Crippen LogP contribution in [0.4, 0.5) is 32.0 Å². The van der Waals surface area contributed by atoms with Gasteiger partial charge in [-0.1, -0.05) is 18.2 Å². The highest BCUT2D eigenvalue weighted by Gasteiger charge is 2.34. The number of halogens is 6. The highest BCUT2D eigenvalue weighted by molar-refractivity contribution is 6.03. The zero-order valence-corrected chi connectivity index (χ0v) is 16.9. The van der Waals surface area contributed by atoms with Crippen molar-refractivity contribution in [3.05, 3.63) is 72.2 Å². The van der Waals surface area contributed by atoms with E-state index in [0.29, 0.717) is 0 Å². The predicted octanol–water partition coefficient (Wildman–Crippen LogP) is 5.00. The molecule has 0 unspecified atom stereocenters. The van der Waals surface area contributed by atoms with E-state index in [2.05, 4.69) is 25.1 Å². The lowest BCUT2D eigenvalue weighted by Gasteiger charge is -2.12. The Morgan fingerprint density at radius 2 is 1.76 bits per heavy atom. The maximum Gasteiger partial charge on any atom is 0.422 e. The van der Waals surface area contributed by atoms with Gasteiger partial charge >= 0.3 is 12.4 Å². The second kappa shape index (κ2) is 8.65. The number of hydrogen-bond acceptors (Lipinski definition) is 5. The minimum absolute atomic E-state index is 0.0424. The molecule has 1 aromatic carbocycles. The molecule has 13 heteroatoms. The van der Waals surface area contributed by atoms with Crippen LogP contribution in [-0.2, 0) is 6.18 Å². The molecular weight excluding hydrogens is 468 g/mol. The Kier molecular flexibility index (Phi) is 5.85. The van der Waals surface area contributed by atoms with Crippen molar-refractivity contribution in [2.75, 3.05) is 11.9 Å². The number of carbonyl (C=O) groups excluding carboxylic acids is 1. The molecule has 176 valence electrons. The van der Waals surface area contributed by atoms with Crippen molar-refractivity contribution in [3.63, 3.8) is 0 Å². The summed E-state index contributed by atoms with van der Waals surface area (Å²) in [6, 6.07) is 10.0. The van der Waals surface area contributed by atoms with E-state index in [0.717, 1.165) is 22.8 Å². The minimum atomic E-state index is -4.62. The molecule has 0 saturated heterocycles. The van der Waals surface area contributed by atoms with Crippen molar-refractivity contribution >= 4 is 17.2 Å². The van der Waals surface area contributed by atoms with Gasteiger partial charge in [0.1, 0.15) is 0 Å². The first-order valence-electron chi connectivity index (χ1n) is 9.49. The zero-order chi connectivity index (χ0) is 24.5. The standard InChI is InChI=1S/C21H13F6N5O2/c22-20(23,24)11-34-18-9-12(7-8-28-18)30-19(33)16-10-29-17-6-5-15(31-32(16)17)13-3-1-2-4-14(13)21(25,26)27/h1-10H,11H2,(H,28,30,33). The van der Waals surface area contributed by atoms with Gasteiger partial charge in [0.2, 0.25) is 5.88 Å². The zero-order valence-electron chi connectivity index (χ0n) is 16.9. The number of pyridine rings is 1. The van der Waals surface area contributed by atoms with Crippen molar-refractivity contribution < 1.29 is 35.9 Å². The van der Waals surface area contributed by atoms with Gasteiger partial charge in [0.15, 0.2) is 17.9 Å².